The maximum absolute atomic E-state index is 14.0. The fourth-order valence-corrected chi connectivity index (χ4v) is 5.68. The quantitative estimate of drug-likeness (QED) is 0.325. The minimum Gasteiger partial charge on any atom is -0.354 e. The molecule has 0 radical (unpaired) electrons. The first kappa shape index (κ1) is 30.8. The van der Waals surface area contributed by atoms with E-state index in [2.05, 4.69) is 5.32 Å². The van der Waals surface area contributed by atoms with E-state index < -0.39 is 34.3 Å². The van der Waals surface area contributed by atoms with E-state index in [1.807, 2.05) is 33.8 Å². The van der Waals surface area contributed by atoms with Gasteiger partial charge in [-0.25, -0.2) is 12.8 Å². The lowest BCUT2D eigenvalue weighted by molar-refractivity contribution is -0.140. The first-order valence-corrected chi connectivity index (χ1v) is 14.8. The third-order valence-electron chi connectivity index (χ3n) is 6.51. The number of benzene rings is 3. The van der Waals surface area contributed by atoms with Crippen molar-refractivity contribution >= 4 is 27.5 Å². The summed E-state index contributed by atoms with van der Waals surface area (Å²) < 4.78 is 42.5. The predicted octanol–water partition coefficient (Wildman–Crippen LogP) is 5.22. The van der Waals surface area contributed by atoms with Crippen molar-refractivity contribution in [2.45, 2.75) is 58.5 Å². The van der Waals surface area contributed by atoms with Crippen LogP contribution in [-0.4, -0.2) is 44.3 Å². The number of carbonyl (C=O) groups excluding carboxylic acids is 2. The SMILES string of the molecule is CCC(C(=O)NCC(C)C)N(Cc1ccc(F)cc1)C(=O)CN(c1cccc(C)c1)S(=O)(=O)c1ccc(C)cc1. The summed E-state index contributed by atoms with van der Waals surface area (Å²) in [5.41, 5.74) is 2.69. The fraction of sp³-hybridized carbons (Fsp3) is 0.355. The smallest absolute Gasteiger partial charge is 0.264 e. The third kappa shape index (κ3) is 7.91. The van der Waals surface area contributed by atoms with Crippen molar-refractivity contribution in [3.63, 3.8) is 0 Å². The summed E-state index contributed by atoms with van der Waals surface area (Å²) in [7, 11) is -4.13. The molecule has 0 heterocycles. The zero-order chi connectivity index (χ0) is 29.4. The number of nitrogens with one attached hydrogen (secondary N) is 1. The number of aryl methyl sites for hydroxylation is 2. The van der Waals surface area contributed by atoms with Crippen LogP contribution in [0.4, 0.5) is 10.1 Å². The average molecular weight is 568 g/mol. The number of sulfonamides is 1. The molecule has 0 saturated carbocycles. The van der Waals surface area contributed by atoms with E-state index in [4.69, 9.17) is 0 Å². The van der Waals surface area contributed by atoms with Crippen molar-refractivity contribution in [2.75, 3.05) is 17.4 Å². The van der Waals surface area contributed by atoms with Crippen LogP contribution >= 0.6 is 0 Å². The molecule has 0 aliphatic heterocycles. The second kappa shape index (κ2) is 13.6. The van der Waals surface area contributed by atoms with Crippen LogP contribution in [0.2, 0.25) is 0 Å². The van der Waals surface area contributed by atoms with E-state index in [0.717, 1.165) is 15.4 Å². The van der Waals surface area contributed by atoms with E-state index >= 15 is 0 Å². The summed E-state index contributed by atoms with van der Waals surface area (Å²) in [6, 6.07) is 18.2. The van der Waals surface area contributed by atoms with Crippen LogP contribution < -0.4 is 9.62 Å². The van der Waals surface area contributed by atoms with Crippen LogP contribution in [0.1, 0.15) is 43.9 Å². The number of halogens is 1. The number of carbonyl (C=O) groups is 2. The van der Waals surface area contributed by atoms with Crippen molar-refractivity contribution in [1.29, 1.82) is 0 Å². The summed E-state index contributed by atoms with van der Waals surface area (Å²) in [6.45, 7) is 9.37. The largest absolute Gasteiger partial charge is 0.354 e. The van der Waals surface area contributed by atoms with E-state index in [0.29, 0.717) is 24.2 Å². The van der Waals surface area contributed by atoms with Gasteiger partial charge < -0.3 is 10.2 Å². The fourth-order valence-electron chi connectivity index (χ4n) is 4.28. The highest BCUT2D eigenvalue weighted by molar-refractivity contribution is 7.92. The van der Waals surface area contributed by atoms with Gasteiger partial charge in [-0.1, -0.05) is 62.7 Å². The summed E-state index contributed by atoms with van der Waals surface area (Å²) in [4.78, 5) is 28.7. The van der Waals surface area contributed by atoms with Gasteiger partial charge in [0.15, 0.2) is 0 Å². The molecule has 40 heavy (non-hydrogen) atoms. The van der Waals surface area contributed by atoms with Gasteiger partial charge in [-0.3, -0.25) is 13.9 Å². The molecule has 3 rings (SSSR count). The van der Waals surface area contributed by atoms with Crippen molar-refractivity contribution in [2.24, 2.45) is 5.92 Å². The minimum atomic E-state index is -4.13. The molecule has 3 aromatic rings. The number of nitrogens with zero attached hydrogens (tertiary/aromatic N) is 2. The van der Waals surface area contributed by atoms with Gasteiger partial charge in [-0.15, -0.1) is 0 Å². The topological polar surface area (TPSA) is 86.8 Å². The molecule has 0 spiro atoms. The van der Waals surface area contributed by atoms with Crippen LogP contribution in [0.5, 0.6) is 0 Å². The molecule has 0 aromatic heterocycles. The van der Waals surface area contributed by atoms with Crippen molar-refractivity contribution in [3.05, 3.63) is 95.3 Å². The highest BCUT2D eigenvalue weighted by atomic mass is 32.2. The van der Waals surface area contributed by atoms with E-state index in [9.17, 15) is 22.4 Å². The minimum absolute atomic E-state index is 0.0129. The molecular formula is C31H38FN3O4S. The van der Waals surface area contributed by atoms with Gasteiger partial charge >= 0.3 is 0 Å². The molecule has 9 heteroatoms. The molecule has 1 unspecified atom stereocenters. The Hall–Kier alpha value is -3.72. The van der Waals surface area contributed by atoms with E-state index in [1.54, 1.807) is 49.4 Å². The summed E-state index contributed by atoms with van der Waals surface area (Å²) >= 11 is 0. The lowest BCUT2D eigenvalue weighted by Crippen LogP contribution is -2.52. The number of amides is 2. The van der Waals surface area contributed by atoms with Gasteiger partial charge in [-0.2, -0.15) is 0 Å². The molecule has 2 amide bonds. The van der Waals surface area contributed by atoms with Crippen LogP contribution in [0.3, 0.4) is 0 Å². The first-order valence-electron chi connectivity index (χ1n) is 13.4. The Bertz CT molecular complexity index is 1410. The van der Waals surface area contributed by atoms with Crippen molar-refractivity contribution in [3.8, 4) is 0 Å². The third-order valence-corrected chi connectivity index (χ3v) is 8.30. The summed E-state index contributed by atoms with van der Waals surface area (Å²) in [5, 5.41) is 2.89. The molecule has 0 fully saturated rings. The first-order chi connectivity index (χ1) is 18.9. The summed E-state index contributed by atoms with van der Waals surface area (Å²) in [6.07, 6.45) is 0.312. The van der Waals surface area contributed by atoms with Gasteiger partial charge in [0.05, 0.1) is 10.6 Å². The molecular weight excluding hydrogens is 529 g/mol. The lowest BCUT2D eigenvalue weighted by Gasteiger charge is -2.33. The normalized spacial score (nSPS) is 12.2. The summed E-state index contributed by atoms with van der Waals surface area (Å²) in [5.74, 6) is -1.08. The molecule has 1 N–H and O–H groups in total. The zero-order valence-corrected chi connectivity index (χ0v) is 24.5. The predicted molar refractivity (Wildman–Crippen MR) is 156 cm³/mol. The van der Waals surface area contributed by atoms with E-state index in [-0.39, 0.29) is 23.3 Å². The number of hydrogen-bond donors (Lipinski definition) is 1. The Labute approximate surface area is 237 Å². The average Bonchev–Trinajstić information content (AvgIpc) is 2.91. The van der Waals surface area contributed by atoms with E-state index in [1.165, 1.54) is 29.2 Å². The Morgan fingerprint density at radius 2 is 1.57 bits per heavy atom. The highest BCUT2D eigenvalue weighted by Crippen LogP contribution is 2.26. The molecule has 3 aromatic carbocycles. The maximum Gasteiger partial charge on any atom is 0.264 e. The lowest BCUT2D eigenvalue weighted by atomic mass is 10.1. The monoisotopic (exact) mass is 567 g/mol. The molecule has 0 bridgehead atoms. The van der Waals surface area contributed by atoms with Gasteiger partial charge in [0.2, 0.25) is 11.8 Å². The molecule has 0 aliphatic rings. The van der Waals surface area contributed by atoms with Gasteiger partial charge in [0.25, 0.3) is 10.0 Å². The Balaban J connectivity index is 2.04. The molecule has 0 aliphatic carbocycles. The van der Waals surface area contributed by atoms with Gasteiger partial charge in [0.1, 0.15) is 18.4 Å². The number of hydrogen-bond acceptors (Lipinski definition) is 4. The van der Waals surface area contributed by atoms with Crippen LogP contribution in [0, 0.1) is 25.6 Å². The Kier molecular flexibility index (Phi) is 10.5. The zero-order valence-electron chi connectivity index (χ0n) is 23.7. The van der Waals surface area contributed by atoms with Gasteiger partial charge in [-0.05, 0) is 73.7 Å². The number of rotatable bonds is 12. The molecule has 0 saturated heterocycles. The second-order valence-corrected chi connectivity index (χ2v) is 12.2. The molecule has 1 atom stereocenters. The second-order valence-electron chi connectivity index (χ2n) is 10.4. The molecule has 214 valence electrons. The van der Waals surface area contributed by atoms with Crippen LogP contribution in [0.15, 0.2) is 77.7 Å². The molecule has 7 nitrogen and oxygen atoms in total. The highest BCUT2D eigenvalue weighted by Gasteiger charge is 2.33. The maximum atomic E-state index is 14.0. The number of anilines is 1. The van der Waals surface area contributed by atoms with Gasteiger partial charge in [0, 0.05) is 13.1 Å². The van der Waals surface area contributed by atoms with Crippen LogP contribution in [0.25, 0.3) is 0 Å². The van der Waals surface area contributed by atoms with Crippen LogP contribution in [-0.2, 0) is 26.2 Å². The Morgan fingerprint density at radius 1 is 0.925 bits per heavy atom. The standard InChI is InChI=1S/C31H38FN3O4S/c1-6-29(31(37)33-19-22(2)3)34(20-25-12-14-26(32)15-13-25)30(36)21-35(27-9-7-8-24(5)18-27)40(38,39)28-16-10-23(4)11-17-28/h7-18,22,29H,6,19-21H2,1-5H3,(H,33,37). The Morgan fingerprint density at radius 3 is 2.15 bits per heavy atom. The van der Waals surface area contributed by atoms with Crippen molar-refractivity contribution in [1.82, 2.24) is 10.2 Å². The van der Waals surface area contributed by atoms with Crippen molar-refractivity contribution < 1.29 is 22.4 Å².